The number of anilines is 1. The summed E-state index contributed by atoms with van der Waals surface area (Å²) >= 11 is 0. The van der Waals surface area contributed by atoms with Crippen molar-refractivity contribution in [3.8, 4) is 5.75 Å². The van der Waals surface area contributed by atoms with E-state index in [2.05, 4.69) is 58.4 Å². The van der Waals surface area contributed by atoms with Gasteiger partial charge in [0.2, 0.25) is 0 Å². The van der Waals surface area contributed by atoms with E-state index in [1.54, 1.807) is 7.11 Å². The highest BCUT2D eigenvalue weighted by Crippen LogP contribution is 2.28. The van der Waals surface area contributed by atoms with Crippen LogP contribution in [0.25, 0.3) is 0 Å². The quantitative estimate of drug-likeness (QED) is 0.610. The van der Waals surface area contributed by atoms with Gasteiger partial charge in [-0.2, -0.15) is 0 Å². The lowest BCUT2D eigenvalue weighted by Crippen LogP contribution is -2.46. The molecule has 1 aliphatic heterocycles. The van der Waals surface area contributed by atoms with Crippen LogP contribution < -0.4 is 15.0 Å². The van der Waals surface area contributed by atoms with E-state index in [9.17, 15) is 4.79 Å². The van der Waals surface area contributed by atoms with Gasteiger partial charge in [-0.15, -0.1) is 0 Å². The smallest absolute Gasteiger partial charge is 0.251 e. The molecule has 0 aromatic heterocycles. The Morgan fingerprint density at radius 3 is 2.22 bits per heavy atom. The number of hydrogen-bond donors (Lipinski definition) is 1. The van der Waals surface area contributed by atoms with Crippen molar-refractivity contribution >= 4 is 11.6 Å². The van der Waals surface area contributed by atoms with E-state index >= 15 is 0 Å². The zero-order valence-electron chi connectivity index (χ0n) is 18.9. The van der Waals surface area contributed by atoms with E-state index in [0.717, 1.165) is 49.7 Å². The number of para-hydroxylation sites is 2. The first-order valence-corrected chi connectivity index (χ1v) is 11.2. The average molecular weight is 430 g/mol. The van der Waals surface area contributed by atoms with Crippen molar-refractivity contribution in [1.82, 2.24) is 10.2 Å². The highest BCUT2D eigenvalue weighted by Gasteiger charge is 2.19. The number of amides is 1. The first-order valence-electron chi connectivity index (χ1n) is 11.2. The van der Waals surface area contributed by atoms with Crippen molar-refractivity contribution in [3.05, 3.63) is 95.1 Å². The minimum Gasteiger partial charge on any atom is -0.495 e. The van der Waals surface area contributed by atoms with Crippen molar-refractivity contribution in [2.45, 2.75) is 20.0 Å². The largest absolute Gasteiger partial charge is 0.495 e. The van der Waals surface area contributed by atoms with Gasteiger partial charge in [0.25, 0.3) is 5.91 Å². The summed E-state index contributed by atoms with van der Waals surface area (Å²) in [5.74, 6) is 0.889. The first-order chi connectivity index (χ1) is 15.6. The number of carbonyl (C=O) groups excluding carboxylic acids is 1. The molecule has 0 aliphatic carbocycles. The summed E-state index contributed by atoms with van der Waals surface area (Å²) in [4.78, 5) is 17.3. The number of carbonyl (C=O) groups is 1. The zero-order valence-corrected chi connectivity index (χ0v) is 18.9. The number of nitrogens with zero attached hydrogens (tertiary/aromatic N) is 2. The third-order valence-corrected chi connectivity index (χ3v) is 5.99. The lowest BCUT2D eigenvalue weighted by atomic mass is 10.1. The molecule has 3 aromatic rings. The molecule has 32 heavy (non-hydrogen) atoms. The molecule has 1 fully saturated rings. The molecule has 0 bridgehead atoms. The predicted molar refractivity (Wildman–Crippen MR) is 129 cm³/mol. The van der Waals surface area contributed by atoms with Crippen LogP contribution in [0.3, 0.4) is 0 Å². The molecule has 0 radical (unpaired) electrons. The SMILES string of the molecule is COc1ccccc1N1CCN(Cc2ccc(C(=O)NCc3ccc(C)cc3)cc2)CC1. The van der Waals surface area contributed by atoms with Gasteiger partial charge in [-0.25, -0.2) is 0 Å². The summed E-state index contributed by atoms with van der Waals surface area (Å²) in [5.41, 5.74) is 5.41. The molecule has 0 saturated carbocycles. The molecule has 1 heterocycles. The highest BCUT2D eigenvalue weighted by molar-refractivity contribution is 5.94. The number of methoxy groups -OCH3 is 1. The standard InChI is InChI=1S/C27H31N3O2/c1-21-7-9-22(10-8-21)19-28-27(31)24-13-11-23(12-14-24)20-29-15-17-30(18-16-29)25-5-3-4-6-26(25)32-2/h3-14H,15-20H2,1-2H3,(H,28,31). The van der Waals surface area contributed by atoms with Gasteiger partial charge in [-0.1, -0.05) is 54.1 Å². The second kappa shape index (κ2) is 10.3. The van der Waals surface area contributed by atoms with Crippen LogP contribution in [-0.2, 0) is 13.1 Å². The van der Waals surface area contributed by atoms with E-state index in [1.165, 1.54) is 11.1 Å². The summed E-state index contributed by atoms with van der Waals surface area (Å²) in [6, 6.07) is 24.4. The Morgan fingerprint density at radius 1 is 0.875 bits per heavy atom. The Balaban J connectivity index is 1.27. The number of benzene rings is 3. The number of nitrogens with one attached hydrogen (secondary N) is 1. The van der Waals surface area contributed by atoms with Crippen LogP contribution in [0.4, 0.5) is 5.69 Å². The summed E-state index contributed by atoms with van der Waals surface area (Å²) in [6.07, 6.45) is 0. The third kappa shape index (κ3) is 5.48. The van der Waals surface area contributed by atoms with Crippen LogP contribution in [0.1, 0.15) is 27.0 Å². The maximum absolute atomic E-state index is 12.5. The Kier molecular flexibility index (Phi) is 7.07. The predicted octanol–water partition coefficient (Wildman–Crippen LogP) is 4.26. The second-order valence-corrected chi connectivity index (χ2v) is 8.30. The van der Waals surface area contributed by atoms with Crippen LogP contribution >= 0.6 is 0 Å². The average Bonchev–Trinajstić information content (AvgIpc) is 2.84. The maximum Gasteiger partial charge on any atom is 0.251 e. The van der Waals surface area contributed by atoms with Gasteiger partial charge in [-0.3, -0.25) is 9.69 Å². The Hall–Kier alpha value is -3.31. The summed E-state index contributed by atoms with van der Waals surface area (Å²) in [7, 11) is 1.72. The first kappa shape index (κ1) is 21.9. The zero-order chi connectivity index (χ0) is 22.3. The minimum absolute atomic E-state index is 0.0393. The van der Waals surface area contributed by atoms with E-state index in [0.29, 0.717) is 12.1 Å². The van der Waals surface area contributed by atoms with Gasteiger partial charge >= 0.3 is 0 Å². The molecule has 4 rings (SSSR count). The van der Waals surface area contributed by atoms with Gasteiger partial charge in [-0.05, 0) is 42.3 Å². The molecule has 0 atom stereocenters. The van der Waals surface area contributed by atoms with Crippen molar-refractivity contribution in [2.75, 3.05) is 38.2 Å². The van der Waals surface area contributed by atoms with Crippen LogP contribution in [0.5, 0.6) is 5.75 Å². The van der Waals surface area contributed by atoms with Crippen LogP contribution in [0.2, 0.25) is 0 Å². The number of hydrogen-bond acceptors (Lipinski definition) is 4. The fourth-order valence-corrected chi connectivity index (χ4v) is 4.05. The number of rotatable bonds is 7. The minimum atomic E-state index is -0.0393. The van der Waals surface area contributed by atoms with Crippen LogP contribution in [-0.4, -0.2) is 44.1 Å². The topological polar surface area (TPSA) is 44.8 Å². The molecule has 0 spiro atoms. The molecule has 5 nitrogen and oxygen atoms in total. The van der Waals surface area contributed by atoms with Gasteiger partial charge in [0.1, 0.15) is 5.75 Å². The van der Waals surface area contributed by atoms with Gasteiger partial charge in [0, 0.05) is 44.8 Å². The third-order valence-electron chi connectivity index (χ3n) is 5.99. The van der Waals surface area contributed by atoms with Gasteiger partial charge < -0.3 is 15.0 Å². The molecule has 166 valence electrons. The molecule has 1 aliphatic rings. The molecule has 3 aromatic carbocycles. The van der Waals surface area contributed by atoms with Crippen molar-refractivity contribution in [1.29, 1.82) is 0 Å². The fraction of sp³-hybridized carbons (Fsp3) is 0.296. The van der Waals surface area contributed by atoms with Crippen molar-refractivity contribution in [2.24, 2.45) is 0 Å². The molecular weight excluding hydrogens is 398 g/mol. The Bertz CT molecular complexity index is 1020. The maximum atomic E-state index is 12.5. The van der Waals surface area contributed by atoms with E-state index < -0.39 is 0 Å². The van der Waals surface area contributed by atoms with Gasteiger partial charge in [0.15, 0.2) is 0 Å². The van der Waals surface area contributed by atoms with Crippen LogP contribution in [0.15, 0.2) is 72.8 Å². The molecular formula is C27H31N3O2. The van der Waals surface area contributed by atoms with Crippen molar-refractivity contribution in [3.63, 3.8) is 0 Å². The number of aryl methyl sites for hydroxylation is 1. The number of piperazine rings is 1. The normalized spacial score (nSPS) is 14.2. The molecule has 1 amide bonds. The van der Waals surface area contributed by atoms with E-state index in [1.807, 2.05) is 36.4 Å². The van der Waals surface area contributed by atoms with Crippen LogP contribution in [0, 0.1) is 6.92 Å². The van der Waals surface area contributed by atoms with Crippen molar-refractivity contribution < 1.29 is 9.53 Å². The van der Waals surface area contributed by atoms with E-state index in [-0.39, 0.29) is 5.91 Å². The summed E-state index contributed by atoms with van der Waals surface area (Å²) in [5, 5.41) is 3.00. The molecule has 1 saturated heterocycles. The Morgan fingerprint density at radius 2 is 1.53 bits per heavy atom. The molecule has 0 unspecified atom stereocenters. The molecule has 1 N–H and O–H groups in total. The Labute approximate surface area is 190 Å². The second-order valence-electron chi connectivity index (χ2n) is 8.30. The van der Waals surface area contributed by atoms with Gasteiger partial charge in [0.05, 0.1) is 12.8 Å². The van der Waals surface area contributed by atoms with E-state index in [4.69, 9.17) is 4.74 Å². The summed E-state index contributed by atoms with van der Waals surface area (Å²) < 4.78 is 5.51. The summed E-state index contributed by atoms with van der Waals surface area (Å²) in [6.45, 7) is 7.43. The lowest BCUT2D eigenvalue weighted by Gasteiger charge is -2.36. The fourth-order valence-electron chi connectivity index (χ4n) is 4.05. The molecule has 5 heteroatoms. The highest BCUT2D eigenvalue weighted by atomic mass is 16.5. The number of ether oxygens (including phenoxy) is 1. The monoisotopic (exact) mass is 429 g/mol. The lowest BCUT2D eigenvalue weighted by molar-refractivity contribution is 0.0951.